The van der Waals surface area contributed by atoms with Crippen molar-refractivity contribution in [2.75, 3.05) is 6.54 Å². The summed E-state index contributed by atoms with van der Waals surface area (Å²) < 4.78 is 0. The number of hydrogen-bond acceptors (Lipinski definition) is 3. The van der Waals surface area contributed by atoms with Gasteiger partial charge in [0.2, 0.25) is 0 Å². The Balaban J connectivity index is 2.39. The number of nitrogens with two attached hydrogens (primary N) is 1. The molecule has 0 saturated carbocycles. The molecule has 4 heteroatoms. The second kappa shape index (κ2) is 3.72. The lowest BCUT2D eigenvalue weighted by Crippen LogP contribution is -2.17. The molecule has 2 heterocycles. The van der Waals surface area contributed by atoms with Crippen LogP contribution in [-0.2, 0) is 0 Å². The highest BCUT2D eigenvalue weighted by molar-refractivity contribution is 6.29. The summed E-state index contributed by atoms with van der Waals surface area (Å²) in [7, 11) is 0. The van der Waals surface area contributed by atoms with Crippen molar-refractivity contribution in [3.05, 3.63) is 47.0 Å². The third kappa shape index (κ3) is 1.72. The monoisotopic (exact) mass is 207 g/mol. The van der Waals surface area contributed by atoms with Crippen molar-refractivity contribution in [2.24, 2.45) is 5.73 Å². The molecule has 0 atom stereocenters. The molecule has 0 unspecified atom stereocenters. The summed E-state index contributed by atoms with van der Waals surface area (Å²) in [5.41, 5.74) is 8.67. The first-order chi connectivity index (χ1) is 6.77. The zero-order valence-electron chi connectivity index (χ0n) is 7.50. The molecular formula is C10H10ClN3. The van der Waals surface area contributed by atoms with Crippen molar-refractivity contribution in [2.45, 2.75) is 0 Å². The molecule has 0 fully saturated rings. The Morgan fingerprint density at radius 3 is 2.93 bits per heavy atom. The minimum absolute atomic E-state index is 0.493. The predicted octanol–water partition coefficient (Wildman–Crippen LogP) is 1.52. The lowest BCUT2D eigenvalue weighted by molar-refractivity contribution is 0.968. The van der Waals surface area contributed by atoms with E-state index in [1.165, 1.54) is 0 Å². The van der Waals surface area contributed by atoms with E-state index in [1.54, 1.807) is 12.3 Å². The Labute approximate surface area is 87.3 Å². The molecule has 3 nitrogen and oxygen atoms in total. The third-order valence-electron chi connectivity index (χ3n) is 2.08. The molecule has 1 aliphatic rings. The van der Waals surface area contributed by atoms with Gasteiger partial charge in [0.15, 0.2) is 0 Å². The predicted molar refractivity (Wildman–Crippen MR) is 57.5 cm³/mol. The summed E-state index contributed by atoms with van der Waals surface area (Å²) in [4.78, 5) is 4.01. The van der Waals surface area contributed by atoms with Gasteiger partial charge in [-0.2, -0.15) is 0 Å². The van der Waals surface area contributed by atoms with Crippen molar-refractivity contribution >= 4 is 17.2 Å². The zero-order chi connectivity index (χ0) is 9.97. The normalized spacial score (nSPS) is 15.5. The highest BCUT2D eigenvalue weighted by atomic mass is 35.5. The molecule has 0 spiro atoms. The Morgan fingerprint density at radius 1 is 1.43 bits per heavy atom. The van der Waals surface area contributed by atoms with Crippen LogP contribution in [-0.4, -0.2) is 11.5 Å². The molecule has 72 valence electrons. The number of aromatic nitrogens is 1. The summed E-state index contributed by atoms with van der Waals surface area (Å²) >= 11 is 5.70. The van der Waals surface area contributed by atoms with Crippen molar-refractivity contribution in [3.8, 4) is 0 Å². The maximum atomic E-state index is 5.84. The smallest absolute Gasteiger partial charge is 0.129 e. The Hall–Kier alpha value is -1.48. The summed E-state index contributed by atoms with van der Waals surface area (Å²) in [6.07, 6.45) is 5.40. The lowest BCUT2D eigenvalue weighted by Gasteiger charge is -2.14. The van der Waals surface area contributed by atoms with E-state index in [0.717, 1.165) is 23.4 Å². The first-order valence-electron chi connectivity index (χ1n) is 4.28. The molecule has 0 aliphatic carbocycles. The number of nitrogens with one attached hydrogen (secondary N) is 1. The molecule has 0 radical (unpaired) electrons. The van der Waals surface area contributed by atoms with Crippen LogP contribution in [0.4, 0.5) is 0 Å². The van der Waals surface area contributed by atoms with Crippen LogP contribution in [0.3, 0.4) is 0 Å². The molecule has 3 N–H and O–H groups in total. The molecule has 2 rings (SSSR count). The van der Waals surface area contributed by atoms with E-state index in [4.69, 9.17) is 17.3 Å². The number of dihydropyridines is 1. The third-order valence-corrected chi connectivity index (χ3v) is 2.31. The zero-order valence-corrected chi connectivity index (χ0v) is 8.25. The number of pyridine rings is 1. The minimum atomic E-state index is 0.493. The van der Waals surface area contributed by atoms with Gasteiger partial charge in [-0.05, 0) is 30.0 Å². The molecule has 1 aliphatic heterocycles. The van der Waals surface area contributed by atoms with E-state index < -0.39 is 0 Å². The topological polar surface area (TPSA) is 50.9 Å². The van der Waals surface area contributed by atoms with Crippen molar-refractivity contribution in [1.82, 2.24) is 10.3 Å². The Kier molecular flexibility index (Phi) is 2.41. The maximum absolute atomic E-state index is 5.84. The van der Waals surface area contributed by atoms with Gasteiger partial charge in [-0.3, -0.25) is 0 Å². The van der Waals surface area contributed by atoms with Crippen LogP contribution < -0.4 is 11.1 Å². The van der Waals surface area contributed by atoms with E-state index in [0.29, 0.717) is 5.15 Å². The van der Waals surface area contributed by atoms with Crippen LogP contribution in [0.15, 0.2) is 36.3 Å². The minimum Gasteiger partial charge on any atom is -0.398 e. The fourth-order valence-corrected chi connectivity index (χ4v) is 1.45. The van der Waals surface area contributed by atoms with E-state index in [9.17, 15) is 0 Å². The van der Waals surface area contributed by atoms with Gasteiger partial charge in [-0.1, -0.05) is 11.6 Å². The number of nitrogens with zero attached hydrogens (tertiary/aromatic N) is 1. The van der Waals surface area contributed by atoms with Gasteiger partial charge in [0.05, 0.1) is 0 Å². The van der Waals surface area contributed by atoms with E-state index in [2.05, 4.69) is 10.3 Å². The van der Waals surface area contributed by atoms with Gasteiger partial charge in [0.1, 0.15) is 5.15 Å². The van der Waals surface area contributed by atoms with E-state index in [1.807, 2.05) is 18.3 Å². The van der Waals surface area contributed by atoms with Gasteiger partial charge in [0, 0.05) is 24.0 Å². The van der Waals surface area contributed by atoms with Crippen molar-refractivity contribution in [3.63, 3.8) is 0 Å². The largest absolute Gasteiger partial charge is 0.398 e. The quantitative estimate of drug-likeness (QED) is 0.687. The average molecular weight is 208 g/mol. The highest BCUT2D eigenvalue weighted by Crippen LogP contribution is 2.18. The van der Waals surface area contributed by atoms with Gasteiger partial charge in [-0.25, -0.2) is 4.98 Å². The maximum Gasteiger partial charge on any atom is 0.129 e. The molecule has 14 heavy (non-hydrogen) atoms. The van der Waals surface area contributed by atoms with Crippen LogP contribution in [0, 0.1) is 0 Å². The molecular weight excluding hydrogens is 198 g/mol. The van der Waals surface area contributed by atoms with Crippen LogP contribution in [0.25, 0.3) is 5.57 Å². The van der Waals surface area contributed by atoms with Gasteiger partial charge >= 0.3 is 0 Å². The standard InChI is InChI=1S/C10H10ClN3/c11-10-2-1-7(5-14-10)8-6-13-4-3-9(8)12/h1-5,13H,6,12H2. The Morgan fingerprint density at radius 2 is 2.29 bits per heavy atom. The highest BCUT2D eigenvalue weighted by Gasteiger charge is 2.07. The fourth-order valence-electron chi connectivity index (χ4n) is 1.34. The number of allylic oxidation sites excluding steroid dienone is 1. The number of hydrogen-bond donors (Lipinski definition) is 2. The second-order valence-electron chi connectivity index (χ2n) is 3.02. The summed E-state index contributed by atoms with van der Waals surface area (Å²) in [5.74, 6) is 0. The molecule has 0 saturated heterocycles. The van der Waals surface area contributed by atoms with Crippen molar-refractivity contribution in [1.29, 1.82) is 0 Å². The lowest BCUT2D eigenvalue weighted by atomic mass is 10.0. The SMILES string of the molecule is NC1=C(c2ccc(Cl)nc2)CNC=C1. The van der Waals surface area contributed by atoms with Gasteiger partial charge in [0.25, 0.3) is 0 Å². The fraction of sp³-hybridized carbons (Fsp3) is 0.100. The van der Waals surface area contributed by atoms with Crippen molar-refractivity contribution < 1.29 is 0 Å². The van der Waals surface area contributed by atoms with E-state index >= 15 is 0 Å². The average Bonchev–Trinajstić information content (AvgIpc) is 2.20. The van der Waals surface area contributed by atoms with Gasteiger partial charge in [-0.15, -0.1) is 0 Å². The van der Waals surface area contributed by atoms with Crippen LogP contribution in [0.1, 0.15) is 5.56 Å². The Bertz CT molecular complexity index is 392. The summed E-state index contributed by atoms with van der Waals surface area (Å²) in [6, 6.07) is 3.67. The van der Waals surface area contributed by atoms with E-state index in [-0.39, 0.29) is 0 Å². The van der Waals surface area contributed by atoms with Crippen LogP contribution in [0.5, 0.6) is 0 Å². The van der Waals surface area contributed by atoms with Crippen LogP contribution >= 0.6 is 11.6 Å². The number of halogens is 1. The van der Waals surface area contributed by atoms with Crippen LogP contribution in [0.2, 0.25) is 5.15 Å². The molecule has 0 amide bonds. The number of rotatable bonds is 1. The molecule has 0 aromatic carbocycles. The molecule has 1 aromatic heterocycles. The van der Waals surface area contributed by atoms with Gasteiger partial charge < -0.3 is 11.1 Å². The first kappa shape index (κ1) is 9.09. The summed E-state index contributed by atoms with van der Waals surface area (Å²) in [5, 5.41) is 3.59. The molecule has 0 bridgehead atoms. The first-order valence-corrected chi connectivity index (χ1v) is 4.65. The molecule has 1 aromatic rings. The summed E-state index contributed by atoms with van der Waals surface area (Å²) in [6.45, 7) is 0.728. The second-order valence-corrected chi connectivity index (χ2v) is 3.40.